The summed E-state index contributed by atoms with van der Waals surface area (Å²) in [6.45, 7) is 2.80. The molecule has 2 aromatic heterocycles. The Morgan fingerprint density at radius 1 is 1.21 bits per heavy atom. The first-order valence-corrected chi connectivity index (χ1v) is 8.27. The Morgan fingerprint density at radius 3 is 2.83 bits per heavy atom. The van der Waals surface area contributed by atoms with Crippen LogP contribution in [0.15, 0.2) is 54.9 Å². The Kier molecular flexibility index (Phi) is 5.06. The van der Waals surface area contributed by atoms with Gasteiger partial charge in [0.25, 0.3) is 5.91 Å². The summed E-state index contributed by atoms with van der Waals surface area (Å²) in [6.07, 6.45) is 7.60. The summed E-state index contributed by atoms with van der Waals surface area (Å²) in [5.41, 5.74) is 3.35. The zero-order valence-electron chi connectivity index (χ0n) is 13.8. The molecule has 122 valence electrons. The zero-order valence-corrected chi connectivity index (χ0v) is 13.8. The third-order valence-corrected chi connectivity index (χ3v) is 3.93. The van der Waals surface area contributed by atoms with Crippen molar-refractivity contribution in [1.29, 1.82) is 0 Å². The highest BCUT2D eigenvalue weighted by molar-refractivity contribution is 6.24. The Balaban J connectivity index is 1.99. The highest BCUT2D eigenvalue weighted by Gasteiger charge is 2.13. The van der Waals surface area contributed by atoms with Crippen LogP contribution in [0, 0.1) is 0 Å². The lowest BCUT2D eigenvalue weighted by molar-refractivity contribution is -0.115. The molecule has 2 N–H and O–H groups in total. The highest BCUT2D eigenvalue weighted by Crippen LogP contribution is 2.23. The van der Waals surface area contributed by atoms with E-state index in [1.165, 1.54) is 0 Å². The van der Waals surface area contributed by atoms with E-state index in [-0.39, 0.29) is 5.91 Å². The fourth-order valence-electron chi connectivity index (χ4n) is 2.62. The van der Waals surface area contributed by atoms with Crippen molar-refractivity contribution >= 4 is 28.6 Å². The summed E-state index contributed by atoms with van der Waals surface area (Å²) >= 11 is 0. The maximum absolute atomic E-state index is 12.7. The molecular formula is C20H21N3O. The molecule has 0 atom stereocenters. The van der Waals surface area contributed by atoms with Crippen LogP contribution in [0.4, 0.5) is 0 Å². The first-order valence-electron chi connectivity index (χ1n) is 8.27. The van der Waals surface area contributed by atoms with Crippen LogP contribution in [0.25, 0.3) is 22.7 Å². The molecule has 0 aliphatic heterocycles. The molecule has 0 saturated carbocycles. The molecule has 0 radical (unpaired) electrons. The van der Waals surface area contributed by atoms with Crippen molar-refractivity contribution in [2.45, 2.75) is 19.8 Å². The second-order valence-corrected chi connectivity index (χ2v) is 5.68. The average molecular weight is 319 g/mol. The number of nitrogens with zero attached hydrogens (tertiary/aromatic N) is 1. The Labute approximate surface area is 141 Å². The van der Waals surface area contributed by atoms with Gasteiger partial charge in [0.1, 0.15) is 5.65 Å². The summed E-state index contributed by atoms with van der Waals surface area (Å²) < 4.78 is 0. The molecule has 4 heteroatoms. The van der Waals surface area contributed by atoms with Gasteiger partial charge in [0.15, 0.2) is 0 Å². The van der Waals surface area contributed by atoms with Gasteiger partial charge in [0.2, 0.25) is 0 Å². The van der Waals surface area contributed by atoms with E-state index in [0.29, 0.717) is 12.1 Å². The molecule has 1 amide bonds. The van der Waals surface area contributed by atoms with Crippen molar-refractivity contribution in [1.82, 2.24) is 15.3 Å². The van der Waals surface area contributed by atoms with Crippen LogP contribution in [0.3, 0.4) is 0 Å². The highest BCUT2D eigenvalue weighted by atomic mass is 16.1. The standard InChI is InChI=1S/C20H21N3O/c1-2-3-11-22-20(24)18(15-8-5-4-6-9-15)13-16-14-23-19-17(16)10-7-12-21-19/h4-10,12-14H,2-3,11H2,1H3,(H,21,23)(H,22,24)/b18-13+. The number of aromatic amines is 1. The van der Waals surface area contributed by atoms with Crippen LogP contribution < -0.4 is 5.32 Å². The van der Waals surface area contributed by atoms with Gasteiger partial charge in [0, 0.05) is 35.5 Å². The van der Waals surface area contributed by atoms with Gasteiger partial charge in [0.05, 0.1) is 0 Å². The number of unbranched alkanes of at least 4 members (excludes halogenated alkanes) is 1. The molecule has 0 saturated heterocycles. The average Bonchev–Trinajstić information content (AvgIpc) is 3.03. The number of H-pyrrole nitrogens is 1. The van der Waals surface area contributed by atoms with Crippen LogP contribution in [0.5, 0.6) is 0 Å². The van der Waals surface area contributed by atoms with Gasteiger partial charge in [-0.1, -0.05) is 43.7 Å². The van der Waals surface area contributed by atoms with E-state index in [1.54, 1.807) is 6.20 Å². The number of carbonyl (C=O) groups is 1. The van der Waals surface area contributed by atoms with E-state index in [1.807, 2.05) is 54.7 Å². The van der Waals surface area contributed by atoms with Crippen molar-refractivity contribution in [3.63, 3.8) is 0 Å². The van der Waals surface area contributed by atoms with Crippen molar-refractivity contribution in [3.8, 4) is 0 Å². The summed E-state index contributed by atoms with van der Waals surface area (Å²) in [7, 11) is 0. The third-order valence-electron chi connectivity index (χ3n) is 3.93. The molecule has 0 bridgehead atoms. The number of fused-ring (bicyclic) bond motifs is 1. The lowest BCUT2D eigenvalue weighted by Gasteiger charge is -2.09. The van der Waals surface area contributed by atoms with E-state index in [4.69, 9.17) is 0 Å². The van der Waals surface area contributed by atoms with Crippen LogP contribution in [0.1, 0.15) is 30.9 Å². The summed E-state index contributed by atoms with van der Waals surface area (Å²) in [6, 6.07) is 13.7. The van der Waals surface area contributed by atoms with Crippen molar-refractivity contribution in [3.05, 3.63) is 66.0 Å². The predicted octanol–water partition coefficient (Wildman–Crippen LogP) is 4.02. The molecular weight excluding hydrogens is 298 g/mol. The minimum atomic E-state index is -0.0482. The Morgan fingerprint density at radius 2 is 2.04 bits per heavy atom. The van der Waals surface area contributed by atoms with Crippen LogP contribution >= 0.6 is 0 Å². The van der Waals surface area contributed by atoms with Gasteiger partial charge in [-0.15, -0.1) is 0 Å². The lowest BCUT2D eigenvalue weighted by atomic mass is 10.0. The van der Waals surface area contributed by atoms with E-state index < -0.39 is 0 Å². The minimum Gasteiger partial charge on any atom is -0.352 e. The monoisotopic (exact) mass is 319 g/mol. The fraction of sp³-hybridized carbons (Fsp3) is 0.200. The van der Waals surface area contributed by atoms with Crippen molar-refractivity contribution < 1.29 is 4.79 Å². The van der Waals surface area contributed by atoms with E-state index in [2.05, 4.69) is 22.2 Å². The second kappa shape index (κ2) is 7.59. The molecule has 0 aliphatic rings. The lowest BCUT2D eigenvalue weighted by Crippen LogP contribution is -2.25. The van der Waals surface area contributed by atoms with E-state index >= 15 is 0 Å². The molecule has 0 spiro atoms. The summed E-state index contributed by atoms with van der Waals surface area (Å²) in [4.78, 5) is 20.1. The van der Waals surface area contributed by atoms with E-state index in [0.717, 1.165) is 35.0 Å². The minimum absolute atomic E-state index is 0.0482. The number of amides is 1. The first-order chi connectivity index (χ1) is 11.8. The molecule has 0 aliphatic carbocycles. The molecule has 4 nitrogen and oxygen atoms in total. The molecule has 2 heterocycles. The smallest absolute Gasteiger partial charge is 0.251 e. The quantitative estimate of drug-likeness (QED) is 0.532. The van der Waals surface area contributed by atoms with E-state index in [9.17, 15) is 4.79 Å². The molecule has 3 rings (SSSR count). The third kappa shape index (κ3) is 3.54. The van der Waals surface area contributed by atoms with Gasteiger partial charge in [-0.2, -0.15) is 0 Å². The number of hydrogen-bond acceptors (Lipinski definition) is 2. The molecule has 0 fully saturated rings. The summed E-state index contributed by atoms with van der Waals surface area (Å²) in [5.74, 6) is -0.0482. The predicted molar refractivity (Wildman–Crippen MR) is 98.3 cm³/mol. The number of benzene rings is 1. The molecule has 3 aromatic rings. The first kappa shape index (κ1) is 16.0. The Hall–Kier alpha value is -2.88. The van der Waals surface area contributed by atoms with Crippen molar-refractivity contribution in [2.75, 3.05) is 6.54 Å². The molecule has 0 unspecified atom stereocenters. The van der Waals surface area contributed by atoms with Crippen LogP contribution in [-0.4, -0.2) is 22.4 Å². The van der Waals surface area contributed by atoms with Gasteiger partial charge in [-0.3, -0.25) is 4.79 Å². The maximum Gasteiger partial charge on any atom is 0.251 e. The number of aromatic nitrogens is 2. The largest absolute Gasteiger partial charge is 0.352 e. The number of rotatable bonds is 6. The number of nitrogens with one attached hydrogen (secondary N) is 2. The van der Waals surface area contributed by atoms with Crippen LogP contribution in [0.2, 0.25) is 0 Å². The molecule has 1 aromatic carbocycles. The topological polar surface area (TPSA) is 57.8 Å². The number of carbonyl (C=O) groups excluding carboxylic acids is 1. The number of pyridine rings is 1. The van der Waals surface area contributed by atoms with Gasteiger partial charge < -0.3 is 10.3 Å². The fourth-order valence-corrected chi connectivity index (χ4v) is 2.62. The number of hydrogen-bond donors (Lipinski definition) is 2. The van der Waals surface area contributed by atoms with Gasteiger partial charge in [-0.05, 0) is 30.2 Å². The molecule has 24 heavy (non-hydrogen) atoms. The van der Waals surface area contributed by atoms with Crippen molar-refractivity contribution in [2.24, 2.45) is 0 Å². The second-order valence-electron chi connectivity index (χ2n) is 5.68. The Bertz CT molecular complexity index is 849. The normalized spacial score (nSPS) is 11.6. The van der Waals surface area contributed by atoms with Gasteiger partial charge in [-0.25, -0.2) is 4.98 Å². The zero-order chi connectivity index (χ0) is 16.8. The maximum atomic E-state index is 12.7. The summed E-state index contributed by atoms with van der Waals surface area (Å²) in [5, 5.41) is 4.02. The SMILES string of the molecule is CCCCNC(=O)/C(=C/c1c[nH]c2ncccc12)c1ccccc1. The van der Waals surface area contributed by atoms with Crippen LogP contribution in [-0.2, 0) is 4.79 Å². The van der Waals surface area contributed by atoms with Gasteiger partial charge >= 0.3 is 0 Å².